The standard InChI is InChI=1S/C16H30N4/c1-17-13-16(8-6-4-5-7-9-16)14-19(2)12-15-18-10-11-20(15)3/h10-11,17H,4-9,12-14H2,1-3H3. The minimum atomic E-state index is 0.450. The second kappa shape index (κ2) is 7.23. The molecule has 0 aromatic carbocycles. The van der Waals surface area contributed by atoms with Crippen molar-refractivity contribution in [3.8, 4) is 0 Å². The molecule has 4 nitrogen and oxygen atoms in total. The maximum absolute atomic E-state index is 4.44. The molecule has 0 atom stereocenters. The predicted octanol–water partition coefficient (Wildman–Crippen LogP) is 2.41. The SMILES string of the molecule is CNCC1(CN(C)Cc2nccn2C)CCCCCC1. The van der Waals surface area contributed by atoms with Gasteiger partial charge in [-0.2, -0.15) is 0 Å². The van der Waals surface area contributed by atoms with E-state index in [2.05, 4.69) is 40.9 Å². The fourth-order valence-electron chi connectivity index (χ4n) is 3.66. The van der Waals surface area contributed by atoms with Crippen LogP contribution in [0.25, 0.3) is 0 Å². The summed E-state index contributed by atoms with van der Waals surface area (Å²) in [4.78, 5) is 6.89. The van der Waals surface area contributed by atoms with E-state index < -0.39 is 0 Å². The molecule has 0 aliphatic heterocycles. The summed E-state index contributed by atoms with van der Waals surface area (Å²) < 4.78 is 2.12. The Balaban J connectivity index is 1.97. The molecular weight excluding hydrogens is 248 g/mol. The van der Waals surface area contributed by atoms with Crippen LogP contribution in [-0.4, -0.2) is 41.6 Å². The molecule has 1 N–H and O–H groups in total. The van der Waals surface area contributed by atoms with Crippen LogP contribution in [0.3, 0.4) is 0 Å². The van der Waals surface area contributed by atoms with Crippen LogP contribution in [0.2, 0.25) is 0 Å². The molecule has 1 fully saturated rings. The Labute approximate surface area is 123 Å². The van der Waals surface area contributed by atoms with E-state index in [0.717, 1.165) is 18.9 Å². The Morgan fingerprint density at radius 3 is 2.55 bits per heavy atom. The van der Waals surface area contributed by atoms with Gasteiger partial charge >= 0.3 is 0 Å². The smallest absolute Gasteiger partial charge is 0.122 e. The Morgan fingerprint density at radius 2 is 2.00 bits per heavy atom. The summed E-state index contributed by atoms with van der Waals surface area (Å²) in [5, 5.41) is 3.43. The van der Waals surface area contributed by atoms with Crippen LogP contribution in [0.5, 0.6) is 0 Å². The Hall–Kier alpha value is -0.870. The predicted molar refractivity (Wildman–Crippen MR) is 83.6 cm³/mol. The summed E-state index contributed by atoms with van der Waals surface area (Å²) in [6.07, 6.45) is 12.2. The van der Waals surface area contributed by atoms with Gasteiger partial charge in [-0.05, 0) is 32.4 Å². The lowest BCUT2D eigenvalue weighted by molar-refractivity contribution is 0.142. The highest BCUT2D eigenvalue weighted by molar-refractivity contribution is 4.92. The van der Waals surface area contributed by atoms with Gasteiger partial charge in [0.25, 0.3) is 0 Å². The first-order chi connectivity index (χ1) is 9.65. The Kier molecular flexibility index (Phi) is 5.61. The first-order valence-corrected chi connectivity index (χ1v) is 7.95. The molecule has 0 bridgehead atoms. The van der Waals surface area contributed by atoms with Gasteiger partial charge in [-0.25, -0.2) is 4.98 Å². The topological polar surface area (TPSA) is 33.1 Å². The Morgan fingerprint density at radius 1 is 1.30 bits per heavy atom. The molecule has 0 saturated heterocycles. The molecule has 4 heteroatoms. The molecule has 1 heterocycles. The highest BCUT2D eigenvalue weighted by Crippen LogP contribution is 2.35. The summed E-state index contributed by atoms with van der Waals surface area (Å²) >= 11 is 0. The van der Waals surface area contributed by atoms with Gasteiger partial charge in [-0.15, -0.1) is 0 Å². The maximum Gasteiger partial charge on any atom is 0.122 e. The van der Waals surface area contributed by atoms with E-state index in [9.17, 15) is 0 Å². The summed E-state index contributed by atoms with van der Waals surface area (Å²) in [6.45, 7) is 3.24. The highest BCUT2D eigenvalue weighted by Gasteiger charge is 2.31. The summed E-state index contributed by atoms with van der Waals surface area (Å²) in [6, 6.07) is 0. The maximum atomic E-state index is 4.44. The van der Waals surface area contributed by atoms with Crippen LogP contribution in [0, 0.1) is 5.41 Å². The third-order valence-electron chi connectivity index (χ3n) is 4.65. The van der Waals surface area contributed by atoms with Crippen LogP contribution < -0.4 is 5.32 Å². The lowest BCUT2D eigenvalue weighted by Crippen LogP contribution is -2.42. The monoisotopic (exact) mass is 278 g/mol. The zero-order valence-electron chi connectivity index (χ0n) is 13.4. The molecule has 1 saturated carbocycles. The molecule has 1 aliphatic rings. The van der Waals surface area contributed by atoms with Crippen molar-refractivity contribution < 1.29 is 0 Å². The molecule has 0 unspecified atom stereocenters. The van der Waals surface area contributed by atoms with Crippen molar-refractivity contribution in [3.05, 3.63) is 18.2 Å². The third-order valence-corrected chi connectivity index (χ3v) is 4.65. The molecule has 1 aliphatic carbocycles. The number of nitrogens with zero attached hydrogens (tertiary/aromatic N) is 3. The van der Waals surface area contributed by atoms with Crippen molar-refractivity contribution >= 4 is 0 Å². The van der Waals surface area contributed by atoms with Gasteiger partial charge in [0.05, 0.1) is 6.54 Å². The third kappa shape index (κ3) is 4.06. The number of nitrogens with one attached hydrogen (secondary N) is 1. The lowest BCUT2D eigenvalue weighted by atomic mass is 9.79. The molecule has 2 rings (SSSR count). The van der Waals surface area contributed by atoms with Crippen LogP contribution >= 0.6 is 0 Å². The minimum Gasteiger partial charge on any atom is -0.337 e. The van der Waals surface area contributed by atoms with Crippen molar-refractivity contribution in [1.82, 2.24) is 19.8 Å². The molecule has 0 spiro atoms. The van der Waals surface area contributed by atoms with Crippen molar-refractivity contribution in [2.24, 2.45) is 12.5 Å². The van der Waals surface area contributed by atoms with E-state index in [4.69, 9.17) is 0 Å². The van der Waals surface area contributed by atoms with Crippen LogP contribution in [0.15, 0.2) is 12.4 Å². The quantitative estimate of drug-likeness (QED) is 0.811. The van der Waals surface area contributed by atoms with Gasteiger partial charge in [0.1, 0.15) is 5.82 Å². The minimum absolute atomic E-state index is 0.450. The zero-order chi connectivity index (χ0) is 14.4. The van der Waals surface area contributed by atoms with Gasteiger partial charge in [-0.1, -0.05) is 25.7 Å². The molecule has 0 radical (unpaired) electrons. The summed E-state index contributed by atoms with van der Waals surface area (Å²) in [5.41, 5.74) is 0.450. The lowest BCUT2D eigenvalue weighted by Gasteiger charge is -2.36. The highest BCUT2D eigenvalue weighted by atomic mass is 15.2. The van der Waals surface area contributed by atoms with Gasteiger partial charge in [-0.3, -0.25) is 4.90 Å². The number of aromatic nitrogens is 2. The van der Waals surface area contributed by atoms with Gasteiger partial charge in [0.2, 0.25) is 0 Å². The number of hydrogen-bond donors (Lipinski definition) is 1. The molecule has 20 heavy (non-hydrogen) atoms. The van der Waals surface area contributed by atoms with Crippen LogP contribution in [0.1, 0.15) is 44.3 Å². The second-order valence-corrected chi connectivity index (χ2v) is 6.57. The molecule has 1 aromatic heterocycles. The molecule has 114 valence electrons. The van der Waals surface area contributed by atoms with E-state index in [0.29, 0.717) is 5.41 Å². The second-order valence-electron chi connectivity index (χ2n) is 6.57. The first-order valence-electron chi connectivity index (χ1n) is 7.95. The number of imidazole rings is 1. The Bertz CT molecular complexity index is 391. The van der Waals surface area contributed by atoms with Crippen molar-refractivity contribution in [2.75, 3.05) is 27.2 Å². The molecular formula is C16H30N4. The number of hydrogen-bond acceptors (Lipinski definition) is 3. The average Bonchev–Trinajstić information content (AvgIpc) is 2.67. The van der Waals surface area contributed by atoms with Gasteiger partial charge < -0.3 is 9.88 Å². The first kappa shape index (κ1) is 15.5. The van der Waals surface area contributed by atoms with Crippen molar-refractivity contribution in [3.63, 3.8) is 0 Å². The fourth-order valence-corrected chi connectivity index (χ4v) is 3.66. The molecule has 0 amide bonds. The largest absolute Gasteiger partial charge is 0.337 e. The summed E-state index contributed by atoms with van der Waals surface area (Å²) in [5.74, 6) is 1.15. The fraction of sp³-hybridized carbons (Fsp3) is 0.812. The van der Waals surface area contributed by atoms with E-state index in [1.54, 1.807) is 0 Å². The van der Waals surface area contributed by atoms with Crippen LogP contribution in [0.4, 0.5) is 0 Å². The van der Waals surface area contributed by atoms with Gasteiger partial charge in [0.15, 0.2) is 0 Å². The van der Waals surface area contributed by atoms with E-state index in [1.807, 2.05) is 12.4 Å². The number of rotatable bonds is 6. The normalized spacial score (nSPS) is 19.2. The van der Waals surface area contributed by atoms with Crippen LogP contribution in [-0.2, 0) is 13.6 Å². The summed E-state index contributed by atoms with van der Waals surface area (Å²) in [7, 11) is 6.40. The van der Waals surface area contributed by atoms with Crippen molar-refractivity contribution in [1.29, 1.82) is 0 Å². The van der Waals surface area contributed by atoms with E-state index in [-0.39, 0.29) is 0 Å². The number of aryl methyl sites for hydroxylation is 1. The van der Waals surface area contributed by atoms with Gasteiger partial charge in [0, 0.05) is 32.5 Å². The zero-order valence-corrected chi connectivity index (χ0v) is 13.4. The van der Waals surface area contributed by atoms with E-state index in [1.165, 1.54) is 45.1 Å². The molecule has 1 aromatic rings. The van der Waals surface area contributed by atoms with E-state index >= 15 is 0 Å². The van der Waals surface area contributed by atoms with Crippen molar-refractivity contribution in [2.45, 2.75) is 45.1 Å². The average molecular weight is 278 g/mol.